The molecule has 0 radical (unpaired) electrons. The Morgan fingerprint density at radius 3 is 2.59 bits per heavy atom. The molecule has 1 fully saturated rings. The molecule has 3 amide bonds. The molecule has 3 atom stereocenters. The van der Waals surface area contributed by atoms with Gasteiger partial charge in [0.1, 0.15) is 0 Å². The first-order chi connectivity index (χ1) is 17.6. The van der Waals surface area contributed by atoms with E-state index in [0.29, 0.717) is 34.9 Å². The number of aromatic nitrogens is 1. The molecule has 11 heteroatoms. The van der Waals surface area contributed by atoms with Crippen molar-refractivity contribution in [1.82, 2.24) is 25.4 Å². The molecule has 1 aromatic heterocycles. The standard InChI is InChI=1S/C26H31ClFN5O3S/c1-32(2)26(36)16-6-9-19(29-23(34)18(28)12-15-4-7-17(27)8-5-15)21(13-16)30-24(35)25-31-20-10-11-33(3)14-22(20)37-25/h4-5,7-8,12,16,19,21H,6,9-11,13-14H2,1-3H3,(H,29,34)(H,30,35)/b18-12+/t16-,19-,21+/m0/s1. The molecule has 2 aliphatic rings. The lowest BCUT2D eigenvalue weighted by Gasteiger charge is -2.37. The third kappa shape index (κ3) is 6.74. The van der Waals surface area contributed by atoms with Crippen molar-refractivity contribution in [1.29, 1.82) is 0 Å². The van der Waals surface area contributed by atoms with Crippen LogP contribution in [0.2, 0.25) is 5.02 Å². The second kappa shape index (κ2) is 11.7. The van der Waals surface area contributed by atoms with E-state index in [-0.39, 0.29) is 17.7 Å². The Balaban J connectivity index is 1.49. The molecule has 1 aliphatic heterocycles. The first-order valence-corrected chi connectivity index (χ1v) is 13.4. The number of benzene rings is 1. The number of carbonyl (C=O) groups is 3. The smallest absolute Gasteiger partial charge is 0.280 e. The average Bonchev–Trinajstić information content (AvgIpc) is 3.29. The predicted octanol–water partition coefficient (Wildman–Crippen LogP) is 3.27. The molecule has 2 aromatic rings. The molecule has 0 spiro atoms. The van der Waals surface area contributed by atoms with Crippen LogP contribution >= 0.6 is 22.9 Å². The van der Waals surface area contributed by atoms with Crippen LogP contribution in [0.1, 0.15) is 45.2 Å². The van der Waals surface area contributed by atoms with E-state index < -0.39 is 23.8 Å². The average molecular weight is 548 g/mol. The Labute approximate surface area is 224 Å². The normalized spacial score (nSPS) is 22.2. The van der Waals surface area contributed by atoms with E-state index in [2.05, 4.69) is 20.5 Å². The molecule has 8 nitrogen and oxygen atoms in total. The minimum absolute atomic E-state index is 0.0365. The maximum absolute atomic E-state index is 14.7. The van der Waals surface area contributed by atoms with Crippen molar-refractivity contribution in [2.24, 2.45) is 5.92 Å². The Kier molecular flexibility index (Phi) is 8.61. The number of amides is 3. The monoisotopic (exact) mass is 547 g/mol. The summed E-state index contributed by atoms with van der Waals surface area (Å²) in [5, 5.41) is 6.59. The summed E-state index contributed by atoms with van der Waals surface area (Å²) in [6.45, 7) is 1.64. The Morgan fingerprint density at radius 2 is 1.89 bits per heavy atom. The lowest BCUT2D eigenvalue weighted by Crippen LogP contribution is -2.56. The predicted molar refractivity (Wildman–Crippen MR) is 142 cm³/mol. The summed E-state index contributed by atoms with van der Waals surface area (Å²) in [6, 6.07) is 5.37. The highest BCUT2D eigenvalue weighted by Crippen LogP contribution is 2.28. The van der Waals surface area contributed by atoms with E-state index >= 15 is 0 Å². The molecule has 37 heavy (non-hydrogen) atoms. The number of rotatable bonds is 6. The fourth-order valence-electron chi connectivity index (χ4n) is 4.75. The van der Waals surface area contributed by atoms with Crippen molar-refractivity contribution in [3.05, 3.63) is 56.3 Å². The zero-order chi connectivity index (χ0) is 26.7. The molecule has 1 aromatic carbocycles. The van der Waals surface area contributed by atoms with Crippen LogP contribution in [-0.4, -0.2) is 72.3 Å². The lowest BCUT2D eigenvalue weighted by molar-refractivity contribution is -0.134. The van der Waals surface area contributed by atoms with Crippen molar-refractivity contribution in [3.8, 4) is 0 Å². The highest BCUT2D eigenvalue weighted by atomic mass is 35.5. The van der Waals surface area contributed by atoms with Gasteiger partial charge in [-0.1, -0.05) is 23.7 Å². The summed E-state index contributed by atoms with van der Waals surface area (Å²) < 4.78 is 14.7. The Morgan fingerprint density at radius 1 is 1.16 bits per heavy atom. The molecule has 2 heterocycles. The van der Waals surface area contributed by atoms with Gasteiger partial charge in [-0.3, -0.25) is 14.4 Å². The van der Waals surface area contributed by atoms with E-state index in [1.807, 2.05) is 7.05 Å². The van der Waals surface area contributed by atoms with Gasteiger partial charge < -0.3 is 20.4 Å². The molecule has 1 aliphatic carbocycles. The number of likely N-dealkylation sites (N-methyl/N-ethyl adjacent to an activating group) is 1. The van der Waals surface area contributed by atoms with Gasteiger partial charge in [-0.05, 0) is 50.1 Å². The molecule has 2 N–H and O–H groups in total. The number of carbonyl (C=O) groups excluding carboxylic acids is 3. The van der Waals surface area contributed by atoms with Crippen molar-refractivity contribution >= 4 is 46.7 Å². The Bertz CT molecular complexity index is 1200. The van der Waals surface area contributed by atoms with E-state index in [9.17, 15) is 18.8 Å². The van der Waals surface area contributed by atoms with Gasteiger partial charge in [-0.15, -0.1) is 11.3 Å². The van der Waals surface area contributed by atoms with Gasteiger partial charge >= 0.3 is 0 Å². The lowest BCUT2D eigenvalue weighted by atomic mass is 9.81. The van der Waals surface area contributed by atoms with Crippen LogP contribution in [0, 0.1) is 5.92 Å². The molecule has 4 rings (SSSR count). The molecule has 1 saturated carbocycles. The SMILES string of the molecule is CN1CCc2nc(C(=O)N[C@@H]3C[C@@H](C(=O)N(C)C)CC[C@@H]3NC(=O)/C(F)=C\c3ccc(Cl)cc3)sc2C1. The zero-order valence-corrected chi connectivity index (χ0v) is 22.7. The second-order valence-corrected chi connectivity index (χ2v) is 11.3. The highest BCUT2D eigenvalue weighted by Gasteiger charge is 2.37. The second-order valence-electron chi connectivity index (χ2n) is 9.82. The van der Waals surface area contributed by atoms with Crippen LogP contribution in [-0.2, 0) is 22.6 Å². The molecule has 0 bridgehead atoms. The third-order valence-electron chi connectivity index (χ3n) is 6.77. The number of nitrogens with zero attached hydrogens (tertiary/aromatic N) is 3. The summed E-state index contributed by atoms with van der Waals surface area (Å²) >= 11 is 7.23. The zero-order valence-electron chi connectivity index (χ0n) is 21.1. The van der Waals surface area contributed by atoms with E-state index in [1.165, 1.54) is 16.2 Å². The van der Waals surface area contributed by atoms with Crippen molar-refractivity contribution in [2.45, 2.75) is 44.3 Å². The summed E-state index contributed by atoms with van der Waals surface area (Å²) in [5.41, 5.74) is 1.44. The fraction of sp³-hybridized carbons (Fsp3) is 0.462. The quantitative estimate of drug-likeness (QED) is 0.541. The van der Waals surface area contributed by atoms with Crippen LogP contribution in [0.25, 0.3) is 6.08 Å². The van der Waals surface area contributed by atoms with Gasteiger partial charge in [0.15, 0.2) is 10.8 Å². The van der Waals surface area contributed by atoms with Gasteiger partial charge in [-0.2, -0.15) is 0 Å². The van der Waals surface area contributed by atoms with Gasteiger partial charge in [0.2, 0.25) is 5.91 Å². The van der Waals surface area contributed by atoms with Gasteiger partial charge in [0, 0.05) is 55.5 Å². The summed E-state index contributed by atoms with van der Waals surface area (Å²) in [7, 11) is 5.41. The topological polar surface area (TPSA) is 94.6 Å². The highest BCUT2D eigenvalue weighted by molar-refractivity contribution is 7.13. The van der Waals surface area contributed by atoms with Crippen LogP contribution in [0.5, 0.6) is 0 Å². The van der Waals surface area contributed by atoms with Crippen LogP contribution in [0.15, 0.2) is 30.1 Å². The minimum Gasteiger partial charge on any atom is -0.349 e. The molecule has 0 unspecified atom stereocenters. The molecular formula is C26H31ClFN5O3S. The van der Waals surface area contributed by atoms with Crippen LogP contribution in [0.3, 0.4) is 0 Å². The largest absolute Gasteiger partial charge is 0.349 e. The summed E-state index contributed by atoms with van der Waals surface area (Å²) in [5.74, 6) is -2.51. The number of hydrogen-bond acceptors (Lipinski definition) is 6. The Hall–Kier alpha value is -2.82. The van der Waals surface area contributed by atoms with Crippen molar-refractivity contribution < 1.29 is 18.8 Å². The van der Waals surface area contributed by atoms with Crippen molar-refractivity contribution in [3.63, 3.8) is 0 Å². The molecule has 0 saturated heterocycles. The third-order valence-corrected chi connectivity index (χ3v) is 8.10. The van der Waals surface area contributed by atoms with E-state index in [4.69, 9.17) is 11.6 Å². The van der Waals surface area contributed by atoms with E-state index in [1.54, 1.807) is 38.4 Å². The van der Waals surface area contributed by atoms with Gasteiger partial charge in [0.05, 0.1) is 11.7 Å². The number of hydrogen-bond donors (Lipinski definition) is 2. The minimum atomic E-state index is -0.949. The van der Waals surface area contributed by atoms with E-state index in [0.717, 1.165) is 36.2 Å². The summed E-state index contributed by atoms with van der Waals surface area (Å²) in [6.07, 6.45) is 3.21. The van der Waals surface area contributed by atoms with Gasteiger partial charge in [0.25, 0.3) is 11.8 Å². The van der Waals surface area contributed by atoms with Crippen molar-refractivity contribution in [2.75, 3.05) is 27.7 Å². The van der Waals surface area contributed by atoms with Gasteiger partial charge in [-0.25, -0.2) is 9.37 Å². The van der Waals surface area contributed by atoms with Crippen LogP contribution < -0.4 is 10.6 Å². The number of halogens is 2. The molecule has 198 valence electrons. The first kappa shape index (κ1) is 27.2. The summed E-state index contributed by atoms with van der Waals surface area (Å²) in [4.78, 5) is 47.8. The number of fused-ring (bicyclic) bond motifs is 1. The molecular weight excluding hydrogens is 517 g/mol. The number of nitrogens with one attached hydrogen (secondary N) is 2. The maximum atomic E-state index is 14.7. The fourth-order valence-corrected chi connectivity index (χ4v) is 5.97. The van der Waals surface area contributed by atoms with Crippen LogP contribution in [0.4, 0.5) is 4.39 Å². The maximum Gasteiger partial charge on any atom is 0.280 e. The first-order valence-electron chi connectivity index (χ1n) is 12.2. The number of thiazole rings is 1.